The Kier molecular flexibility index (Phi) is 5.32. The third-order valence-corrected chi connectivity index (χ3v) is 5.57. The van der Waals surface area contributed by atoms with Gasteiger partial charge in [-0.1, -0.05) is 32.9 Å². The number of hydrogen-bond donors (Lipinski definition) is 1. The highest BCUT2D eigenvalue weighted by Crippen LogP contribution is 2.49. The maximum atomic E-state index is 6.43. The molecule has 21 heavy (non-hydrogen) atoms. The molecular formula is C19H31NO. The number of rotatable bonds is 7. The van der Waals surface area contributed by atoms with Gasteiger partial charge in [0.15, 0.2) is 0 Å². The largest absolute Gasteiger partial charge is 0.489 e. The smallest absolute Gasteiger partial charge is 0.122 e. The molecule has 0 heterocycles. The van der Waals surface area contributed by atoms with E-state index in [1.165, 1.54) is 30.4 Å². The van der Waals surface area contributed by atoms with Crippen LogP contribution in [0, 0.1) is 19.3 Å². The summed E-state index contributed by atoms with van der Waals surface area (Å²) < 4.78 is 6.43. The van der Waals surface area contributed by atoms with Crippen LogP contribution in [-0.2, 0) is 0 Å². The van der Waals surface area contributed by atoms with Gasteiger partial charge in [-0.2, -0.15) is 0 Å². The molecule has 0 bridgehead atoms. The van der Waals surface area contributed by atoms with Crippen LogP contribution in [0.15, 0.2) is 18.2 Å². The molecule has 2 rings (SSSR count). The molecule has 0 saturated heterocycles. The first kappa shape index (κ1) is 16.4. The summed E-state index contributed by atoms with van der Waals surface area (Å²) in [5, 5.41) is 3.72. The van der Waals surface area contributed by atoms with E-state index >= 15 is 0 Å². The lowest BCUT2D eigenvalue weighted by molar-refractivity contribution is -0.0861. The van der Waals surface area contributed by atoms with Gasteiger partial charge in [-0.25, -0.2) is 0 Å². The molecule has 0 aliphatic heterocycles. The van der Waals surface area contributed by atoms with Crippen molar-refractivity contribution < 1.29 is 4.74 Å². The molecule has 2 unspecified atom stereocenters. The van der Waals surface area contributed by atoms with Gasteiger partial charge < -0.3 is 10.1 Å². The topological polar surface area (TPSA) is 21.3 Å². The number of hydrogen-bond acceptors (Lipinski definition) is 2. The van der Waals surface area contributed by atoms with Crippen molar-refractivity contribution >= 4 is 0 Å². The highest BCUT2D eigenvalue weighted by Gasteiger charge is 2.54. The lowest BCUT2D eigenvalue weighted by Gasteiger charge is -2.55. The van der Waals surface area contributed by atoms with Crippen molar-refractivity contribution in [1.82, 2.24) is 5.32 Å². The number of aryl methyl sites for hydroxylation is 1. The molecule has 0 amide bonds. The molecule has 118 valence electrons. The zero-order valence-corrected chi connectivity index (χ0v) is 14.3. The standard InChI is InChI=1S/C19H31NO/c1-6-12-20-17-13-18(19(17,7-2)8-3)21-16-11-9-10-14(4)15(16)5/h9-11,17-18,20H,6-8,12-13H2,1-5H3. The van der Waals surface area contributed by atoms with Gasteiger partial charge in [0.1, 0.15) is 11.9 Å². The summed E-state index contributed by atoms with van der Waals surface area (Å²) in [6.45, 7) is 12.3. The lowest BCUT2D eigenvalue weighted by Crippen LogP contribution is -2.64. The summed E-state index contributed by atoms with van der Waals surface area (Å²) >= 11 is 0. The fourth-order valence-corrected chi connectivity index (χ4v) is 3.72. The third-order valence-electron chi connectivity index (χ3n) is 5.57. The van der Waals surface area contributed by atoms with E-state index in [1.807, 2.05) is 0 Å². The summed E-state index contributed by atoms with van der Waals surface area (Å²) in [6.07, 6.45) is 5.04. The minimum absolute atomic E-state index is 0.297. The molecule has 0 spiro atoms. The van der Waals surface area contributed by atoms with Crippen molar-refractivity contribution in [3.8, 4) is 5.75 Å². The molecule has 1 fully saturated rings. The van der Waals surface area contributed by atoms with E-state index in [-0.39, 0.29) is 0 Å². The second kappa shape index (κ2) is 6.83. The van der Waals surface area contributed by atoms with Crippen molar-refractivity contribution in [3.63, 3.8) is 0 Å². The monoisotopic (exact) mass is 289 g/mol. The average Bonchev–Trinajstić information content (AvgIpc) is 2.47. The van der Waals surface area contributed by atoms with Crippen molar-refractivity contribution in [2.24, 2.45) is 5.41 Å². The predicted molar refractivity (Wildman–Crippen MR) is 90.0 cm³/mol. The maximum absolute atomic E-state index is 6.43. The van der Waals surface area contributed by atoms with Gasteiger partial charge in [0, 0.05) is 17.9 Å². The van der Waals surface area contributed by atoms with E-state index in [9.17, 15) is 0 Å². The molecule has 1 saturated carbocycles. The quantitative estimate of drug-likeness (QED) is 0.790. The summed E-state index contributed by atoms with van der Waals surface area (Å²) in [4.78, 5) is 0. The van der Waals surface area contributed by atoms with E-state index in [0.717, 1.165) is 18.7 Å². The normalized spacial score (nSPS) is 23.7. The Morgan fingerprint density at radius 2 is 1.90 bits per heavy atom. The van der Waals surface area contributed by atoms with E-state index in [0.29, 0.717) is 17.6 Å². The molecular weight excluding hydrogens is 258 g/mol. The van der Waals surface area contributed by atoms with Gasteiger partial charge in [-0.3, -0.25) is 0 Å². The molecule has 2 atom stereocenters. The first-order valence-corrected chi connectivity index (χ1v) is 8.55. The second-order valence-corrected chi connectivity index (χ2v) is 6.49. The van der Waals surface area contributed by atoms with Crippen LogP contribution in [0.5, 0.6) is 5.75 Å². The minimum atomic E-state index is 0.297. The Labute approximate surface area is 130 Å². The van der Waals surface area contributed by atoms with Gasteiger partial charge in [0.25, 0.3) is 0 Å². The molecule has 1 N–H and O–H groups in total. The van der Waals surface area contributed by atoms with Crippen molar-refractivity contribution in [3.05, 3.63) is 29.3 Å². The van der Waals surface area contributed by atoms with Gasteiger partial charge in [0.2, 0.25) is 0 Å². The number of nitrogens with one attached hydrogen (secondary N) is 1. The van der Waals surface area contributed by atoms with Crippen LogP contribution >= 0.6 is 0 Å². The number of benzene rings is 1. The van der Waals surface area contributed by atoms with Crippen LogP contribution in [0.2, 0.25) is 0 Å². The van der Waals surface area contributed by atoms with E-state index < -0.39 is 0 Å². The molecule has 1 aromatic carbocycles. The van der Waals surface area contributed by atoms with E-state index in [2.05, 4.69) is 58.1 Å². The molecule has 1 aliphatic rings. The Hall–Kier alpha value is -1.02. The highest BCUT2D eigenvalue weighted by molar-refractivity contribution is 5.38. The summed E-state index contributed by atoms with van der Waals surface area (Å²) in [5.41, 5.74) is 2.89. The summed E-state index contributed by atoms with van der Waals surface area (Å²) in [7, 11) is 0. The highest BCUT2D eigenvalue weighted by atomic mass is 16.5. The van der Waals surface area contributed by atoms with Crippen LogP contribution in [0.3, 0.4) is 0 Å². The fraction of sp³-hybridized carbons (Fsp3) is 0.684. The van der Waals surface area contributed by atoms with Crippen molar-refractivity contribution in [2.75, 3.05) is 6.54 Å². The molecule has 1 aromatic rings. The Balaban J connectivity index is 2.11. The van der Waals surface area contributed by atoms with Gasteiger partial charge in [0.05, 0.1) is 0 Å². The zero-order chi connectivity index (χ0) is 15.5. The predicted octanol–water partition coefficient (Wildman–Crippen LogP) is 4.63. The van der Waals surface area contributed by atoms with E-state index in [1.54, 1.807) is 0 Å². The number of ether oxygens (including phenoxy) is 1. The van der Waals surface area contributed by atoms with Crippen molar-refractivity contribution in [2.45, 2.75) is 72.4 Å². The van der Waals surface area contributed by atoms with Crippen LogP contribution < -0.4 is 10.1 Å². The molecule has 2 heteroatoms. The zero-order valence-electron chi connectivity index (χ0n) is 14.3. The Bertz CT molecular complexity index is 465. The van der Waals surface area contributed by atoms with Crippen LogP contribution in [0.4, 0.5) is 0 Å². The van der Waals surface area contributed by atoms with Crippen LogP contribution in [0.25, 0.3) is 0 Å². The van der Waals surface area contributed by atoms with Crippen LogP contribution in [-0.4, -0.2) is 18.7 Å². The second-order valence-electron chi connectivity index (χ2n) is 6.49. The maximum Gasteiger partial charge on any atom is 0.122 e. The summed E-state index contributed by atoms with van der Waals surface area (Å²) in [5.74, 6) is 1.07. The fourth-order valence-electron chi connectivity index (χ4n) is 3.72. The SMILES string of the molecule is CCCNC1CC(Oc2cccc(C)c2C)C1(CC)CC. The lowest BCUT2D eigenvalue weighted by atomic mass is 9.58. The average molecular weight is 289 g/mol. The third kappa shape index (κ3) is 2.96. The molecule has 0 aromatic heterocycles. The van der Waals surface area contributed by atoms with Gasteiger partial charge in [-0.15, -0.1) is 0 Å². The van der Waals surface area contributed by atoms with E-state index in [4.69, 9.17) is 4.74 Å². The Morgan fingerprint density at radius 1 is 1.19 bits per heavy atom. The molecule has 2 nitrogen and oxygen atoms in total. The summed E-state index contributed by atoms with van der Waals surface area (Å²) in [6, 6.07) is 6.98. The van der Waals surface area contributed by atoms with Crippen molar-refractivity contribution in [1.29, 1.82) is 0 Å². The van der Waals surface area contributed by atoms with Gasteiger partial charge in [-0.05, 0) is 56.8 Å². The first-order valence-electron chi connectivity index (χ1n) is 8.55. The molecule has 1 aliphatic carbocycles. The first-order chi connectivity index (χ1) is 10.1. The van der Waals surface area contributed by atoms with Gasteiger partial charge >= 0.3 is 0 Å². The van der Waals surface area contributed by atoms with Crippen LogP contribution in [0.1, 0.15) is 57.6 Å². The minimum Gasteiger partial charge on any atom is -0.489 e. The Morgan fingerprint density at radius 3 is 2.52 bits per heavy atom. The molecule has 0 radical (unpaired) electrons.